The van der Waals surface area contributed by atoms with Crippen molar-refractivity contribution in [2.24, 2.45) is 0 Å². The van der Waals surface area contributed by atoms with E-state index in [0.717, 1.165) is 5.82 Å². The van der Waals surface area contributed by atoms with Crippen molar-refractivity contribution in [2.45, 2.75) is 31.7 Å². The van der Waals surface area contributed by atoms with Gasteiger partial charge in [0.15, 0.2) is 0 Å². The van der Waals surface area contributed by atoms with Gasteiger partial charge in [-0.25, -0.2) is 4.98 Å². The van der Waals surface area contributed by atoms with Crippen molar-refractivity contribution in [1.29, 1.82) is 0 Å². The van der Waals surface area contributed by atoms with Gasteiger partial charge in [-0.2, -0.15) is 0 Å². The summed E-state index contributed by atoms with van der Waals surface area (Å²) in [6, 6.07) is 9.02. The molecule has 1 aromatic heterocycles. The van der Waals surface area contributed by atoms with E-state index in [1.165, 1.54) is 25.7 Å². The first-order valence-corrected chi connectivity index (χ1v) is 8.36. The molecule has 2 aromatic rings. The summed E-state index contributed by atoms with van der Waals surface area (Å²) in [6.07, 6.45) is 6.45. The zero-order valence-electron chi connectivity index (χ0n) is 12.5. The Morgan fingerprint density at radius 2 is 1.91 bits per heavy atom. The summed E-state index contributed by atoms with van der Waals surface area (Å²) in [7, 11) is 0. The van der Waals surface area contributed by atoms with Crippen LogP contribution in [0.15, 0.2) is 36.5 Å². The first kappa shape index (κ1) is 16.1. The fraction of sp³-hybridized carbons (Fsp3) is 0.294. The highest BCUT2D eigenvalue weighted by atomic mass is 35.5. The van der Waals surface area contributed by atoms with E-state index in [9.17, 15) is 4.79 Å². The van der Waals surface area contributed by atoms with E-state index in [-0.39, 0.29) is 5.91 Å². The van der Waals surface area contributed by atoms with Crippen LogP contribution in [-0.2, 0) is 0 Å². The smallest absolute Gasteiger partial charge is 0.257 e. The number of hydrogen-bond acceptors (Lipinski definition) is 3. The van der Waals surface area contributed by atoms with Crippen LogP contribution in [0.3, 0.4) is 0 Å². The molecule has 1 aliphatic rings. The Labute approximate surface area is 145 Å². The van der Waals surface area contributed by atoms with Crippen LogP contribution in [0.25, 0.3) is 0 Å². The molecule has 1 saturated carbocycles. The number of nitrogens with zero attached hydrogens (tertiary/aromatic N) is 1. The average molecular weight is 350 g/mol. The molecule has 1 aromatic carbocycles. The highest BCUT2D eigenvalue weighted by Crippen LogP contribution is 2.26. The molecule has 2 N–H and O–H groups in total. The SMILES string of the molecule is O=C(Nc1ccc(Cl)cc1Cl)c1ccc(NC2CCCC2)nc1. The summed E-state index contributed by atoms with van der Waals surface area (Å²) < 4.78 is 0. The molecule has 120 valence electrons. The minimum Gasteiger partial charge on any atom is -0.367 e. The van der Waals surface area contributed by atoms with Crippen LogP contribution in [0.2, 0.25) is 10.0 Å². The second-order valence-electron chi connectivity index (χ2n) is 5.64. The van der Waals surface area contributed by atoms with Gasteiger partial charge in [-0.1, -0.05) is 36.0 Å². The molecule has 23 heavy (non-hydrogen) atoms. The summed E-state index contributed by atoms with van der Waals surface area (Å²) >= 11 is 11.9. The Kier molecular flexibility index (Phi) is 5.03. The molecule has 0 spiro atoms. The Morgan fingerprint density at radius 3 is 2.57 bits per heavy atom. The number of hydrogen-bond donors (Lipinski definition) is 2. The summed E-state index contributed by atoms with van der Waals surface area (Å²) in [4.78, 5) is 16.6. The number of amides is 1. The summed E-state index contributed by atoms with van der Waals surface area (Å²) in [5.74, 6) is 0.548. The zero-order valence-corrected chi connectivity index (χ0v) is 14.0. The molecule has 6 heteroatoms. The Hall–Kier alpha value is -1.78. The molecule has 1 fully saturated rings. The largest absolute Gasteiger partial charge is 0.367 e. The van der Waals surface area contributed by atoms with Gasteiger partial charge in [0.05, 0.1) is 16.3 Å². The third-order valence-corrected chi connectivity index (χ3v) is 4.46. The summed E-state index contributed by atoms with van der Waals surface area (Å²) in [5, 5.41) is 7.08. The lowest BCUT2D eigenvalue weighted by Crippen LogP contribution is -2.16. The van der Waals surface area contributed by atoms with Gasteiger partial charge in [-0.05, 0) is 43.2 Å². The van der Waals surface area contributed by atoms with Crippen molar-refractivity contribution in [3.8, 4) is 0 Å². The van der Waals surface area contributed by atoms with Crippen LogP contribution in [0.5, 0.6) is 0 Å². The molecule has 4 nitrogen and oxygen atoms in total. The van der Waals surface area contributed by atoms with Gasteiger partial charge in [-0.3, -0.25) is 4.79 Å². The lowest BCUT2D eigenvalue weighted by Gasteiger charge is -2.13. The quantitative estimate of drug-likeness (QED) is 0.816. The molecule has 1 heterocycles. The fourth-order valence-corrected chi connectivity index (χ4v) is 3.13. The molecule has 0 radical (unpaired) electrons. The van der Waals surface area contributed by atoms with Gasteiger partial charge in [-0.15, -0.1) is 0 Å². The van der Waals surface area contributed by atoms with Crippen LogP contribution < -0.4 is 10.6 Å². The Bertz CT molecular complexity index is 697. The molecule has 0 aliphatic heterocycles. The van der Waals surface area contributed by atoms with E-state index in [2.05, 4.69) is 15.6 Å². The summed E-state index contributed by atoms with van der Waals surface area (Å²) in [6.45, 7) is 0. The maximum atomic E-state index is 12.2. The Balaban J connectivity index is 1.65. The monoisotopic (exact) mass is 349 g/mol. The highest BCUT2D eigenvalue weighted by Gasteiger charge is 2.15. The molecule has 1 aliphatic carbocycles. The van der Waals surface area contributed by atoms with E-state index < -0.39 is 0 Å². The minimum atomic E-state index is -0.255. The van der Waals surface area contributed by atoms with E-state index >= 15 is 0 Å². The van der Waals surface area contributed by atoms with Gasteiger partial charge in [0, 0.05) is 17.3 Å². The lowest BCUT2D eigenvalue weighted by atomic mass is 10.2. The first-order chi connectivity index (χ1) is 11.1. The minimum absolute atomic E-state index is 0.255. The van der Waals surface area contributed by atoms with E-state index in [0.29, 0.717) is 27.3 Å². The third kappa shape index (κ3) is 4.15. The molecule has 0 bridgehead atoms. The number of pyridine rings is 1. The predicted molar refractivity (Wildman–Crippen MR) is 94.5 cm³/mol. The predicted octanol–water partition coefficient (Wildman–Crippen LogP) is 5.00. The molecule has 0 unspecified atom stereocenters. The van der Waals surface area contributed by atoms with Crippen molar-refractivity contribution in [1.82, 2.24) is 4.98 Å². The van der Waals surface area contributed by atoms with Crippen molar-refractivity contribution < 1.29 is 4.79 Å². The number of anilines is 2. The number of carbonyl (C=O) groups is 1. The molecular weight excluding hydrogens is 333 g/mol. The van der Waals surface area contributed by atoms with Crippen LogP contribution in [0.1, 0.15) is 36.0 Å². The normalized spacial score (nSPS) is 14.7. The van der Waals surface area contributed by atoms with Crippen LogP contribution >= 0.6 is 23.2 Å². The number of benzene rings is 1. The maximum absolute atomic E-state index is 12.2. The van der Waals surface area contributed by atoms with Crippen LogP contribution in [0, 0.1) is 0 Å². The standard InChI is InChI=1S/C17H17Cl2N3O/c18-12-6-7-15(14(19)9-12)22-17(23)11-5-8-16(20-10-11)21-13-3-1-2-4-13/h5-10,13H,1-4H2,(H,20,21)(H,22,23). The van der Waals surface area contributed by atoms with E-state index in [1.807, 2.05) is 6.07 Å². The Morgan fingerprint density at radius 1 is 1.13 bits per heavy atom. The third-order valence-electron chi connectivity index (χ3n) is 3.91. The van der Waals surface area contributed by atoms with Crippen molar-refractivity contribution >= 4 is 40.6 Å². The maximum Gasteiger partial charge on any atom is 0.257 e. The number of aromatic nitrogens is 1. The van der Waals surface area contributed by atoms with E-state index in [4.69, 9.17) is 23.2 Å². The fourth-order valence-electron chi connectivity index (χ4n) is 2.68. The molecule has 0 atom stereocenters. The van der Waals surface area contributed by atoms with Crippen molar-refractivity contribution in [3.63, 3.8) is 0 Å². The van der Waals surface area contributed by atoms with Gasteiger partial charge in [0.25, 0.3) is 5.91 Å². The zero-order chi connectivity index (χ0) is 16.2. The highest BCUT2D eigenvalue weighted by molar-refractivity contribution is 6.36. The average Bonchev–Trinajstić information content (AvgIpc) is 3.04. The van der Waals surface area contributed by atoms with Crippen molar-refractivity contribution in [3.05, 3.63) is 52.1 Å². The number of halogens is 2. The second-order valence-corrected chi connectivity index (χ2v) is 6.48. The van der Waals surface area contributed by atoms with Gasteiger partial charge >= 0.3 is 0 Å². The number of rotatable bonds is 4. The molecule has 1 amide bonds. The molecule has 0 saturated heterocycles. The lowest BCUT2D eigenvalue weighted by molar-refractivity contribution is 0.102. The van der Waals surface area contributed by atoms with Crippen LogP contribution in [0.4, 0.5) is 11.5 Å². The van der Waals surface area contributed by atoms with Crippen LogP contribution in [-0.4, -0.2) is 16.9 Å². The number of carbonyl (C=O) groups excluding carboxylic acids is 1. The second kappa shape index (κ2) is 7.20. The molecule has 3 rings (SSSR count). The van der Waals surface area contributed by atoms with Gasteiger partial charge in [0.1, 0.15) is 5.82 Å². The van der Waals surface area contributed by atoms with Gasteiger partial charge < -0.3 is 10.6 Å². The number of nitrogens with one attached hydrogen (secondary N) is 2. The first-order valence-electron chi connectivity index (χ1n) is 7.61. The van der Waals surface area contributed by atoms with Gasteiger partial charge in [0.2, 0.25) is 0 Å². The topological polar surface area (TPSA) is 54.0 Å². The molecular formula is C17H17Cl2N3O. The summed E-state index contributed by atoms with van der Waals surface area (Å²) in [5.41, 5.74) is 1.00. The van der Waals surface area contributed by atoms with Crippen molar-refractivity contribution in [2.75, 3.05) is 10.6 Å². The van der Waals surface area contributed by atoms with E-state index in [1.54, 1.807) is 30.5 Å².